The van der Waals surface area contributed by atoms with E-state index < -0.39 is 0 Å². The number of hydrogen-bond donors (Lipinski definition) is 1. The third-order valence-corrected chi connectivity index (χ3v) is 3.09. The van der Waals surface area contributed by atoms with Gasteiger partial charge in [0.15, 0.2) is 6.79 Å². The maximum absolute atomic E-state index is 6.01. The standard InChI is InChI=1S/C17H21NO3/c1-19-13-21-16-8-7-15(17(18)11-16)9-10-20-12-14-5-3-2-4-6-14/h2-8,11H,9-10,12-13,18H2,1H3. The number of ether oxygens (including phenoxy) is 3. The normalized spacial score (nSPS) is 10.5. The Morgan fingerprint density at radius 1 is 1.05 bits per heavy atom. The van der Waals surface area contributed by atoms with E-state index in [4.69, 9.17) is 19.9 Å². The number of rotatable bonds is 8. The van der Waals surface area contributed by atoms with Gasteiger partial charge in [0.1, 0.15) is 5.75 Å². The minimum absolute atomic E-state index is 0.221. The van der Waals surface area contributed by atoms with Crippen LogP contribution in [0.15, 0.2) is 48.5 Å². The van der Waals surface area contributed by atoms with Crippen LogP contribution in [-0.2, 0) is 22.5 Å². The lowest BCUT2D eigenvalue weighted by Gasteiger charge is -2.10. The Bertz CT molecular complexity index is 543. The summed E-state index contributed by atoms with van der Waals surface area (Å²) in [7, 11) is 1.59. The minimum atomic E-state index is 0.221. The first-order valence-electron chi connectivity index (χ1n) is 6.91. The zero-order valence-corrected chi connectivity index (χ0v) is 12.2. The van der Waals surface area contributed by atoms with Crippen molar-refractivity contribution in [3.63, 3.8) is 0 Å². The smallest absolute Gasteiger partial charge is 0.188 e. The molecule has 0 radical (unpaired) electrons. The van der Waals surface area contributed by atoms with E-state index in [1.165, 1.54) is 5.56 Å². The van der Waals surface area contributed by atoms with Crippen LogP contribution in [-0.4, -0.2) is 20.5 Å². The second kappa shape index (κ2) is 8.29. The lowest BCUT2D eigenvalue weighted by Crippen LogP contribution is -2.03. The van der Waals surface area contributed by atoms with Gasteiger partial charge in [-0.25, -0.2) is 0 Å². The highest BCUT2D eigenvalue weighted by atomic mass is 16.7. The van der Waals surface area contributed by atoms with E-state index in [1.54, 1.807) is 7.11 Å². The van der Waals surface area contributed by atoms with Gasteiger partial charge in [-0.15, -0.1) is 0 Å². The van der Waals surface area contributed by atoms with E-state index in [2.05, 4.69) is 12.1 Å². The van der Waals surface area contributed by atoms with E-state index in [1.807, 2.05) is 36.4 Å². The molecule has 0 bridgehead atoms. The van der Waals surface area contributed by atoms with E-state index in [0.29, 0.717) is 24.7 Å². The van der Waals surface area contributed by atoms with Gasteiger partial charge in [-0.05, 0) is 23.6 Å². The molecule has 0 heterocycles. The second-order valence-electron chi connectivity index (χ2n) is 4.70. The molecule has 0 fully saturated rings. The third kappa shape index (κ3) is 5.10. The van der Waals surface area contributed by atoms with Gasteiger partial charge in [0.25, 0.3) is 0 Å². The van der Waals surface area contributed by atoms with Crippen molar-refractivity contribution < 1.29 is 14.2 Å². The molecular weight excluding hydrogens is 266 g/mol. The van der Waals surface area contributed by atoms with Gasteiger partial charge in [-0.1, -0.05) is 36.4 Å². The summed E-state index contributed by atoms with van der Waals surface area (Å²) in [5.41, 5.74) is 8.96. The molecule has 0 aliphatic carbocycles. The maximum atomic E-state index is 6.01. The molecule has 0 saturated heterocycles. The van der Waals surface area contributed by atoms with Crippen LogP contribution < -0.4 is 10.5 Å². The summed E-state index contributed by atoms with van der Waals surface area (Å²) in [6, 6.07) is 15.8. The average Bonchev–Trinajstić information content (AvgIpc) is 2.52. The van der Waals surface area contributed by atoms with Crippen LogP contribution in [0.4, 0.5) is 5.69 Å². The van der Waals surface area contributed by atoms with Crippen LogP contribution >= 0.6 is 0 Å². The molecule has 0 spiro atoms. The number of nitrogens with two attached hydrogens (primary N) is 1. The monoisotopic (exact) mass is 287 g/mol. The Hall–Kier alpha value is -2.04. The maximum Gasteiger partial charge on any atom is 0.188 e. The van der Waals surface area contributed by atoms with Crippen LogP contribution in [0.1, 0.15) is 11.1 Å². The summed E-state index contributed by atoms with van der Waals surface area (Å²) in [6.45, 7) is 1.48. The highest BCUT2D eigenvalue weighted by Crippen LogP contribution is 2.20. The highest BCUT2D eigenvalue weighted by Gasteiger charge is 2.02. The predicted molar refractivity (Wildman–Crippen MR) is 83.2 cm³/mol. The molecule has 112 valence electrons. The minimum Gasteiger partial charge on any atom is -0.467 e. The number of nitrogen functional groups attached to an aromatic ring is 1. The first kappa shape index (κ1) is 15.4. The molecule has 2 N–H and O–H groups in total. The SMILES string of the molecule is COCOc1ccc(CCOCc2ccccc2)c(N)c1. The van der Waals surface area contributed by atoms with Gasteiger partial charge in [-0.3, -0.25) is 0 Å². The Morgan fingerprint density at radius 2 is 1.86 bits per heavy atom. The van der Waals surface area contributed by atoms with Crippen molar-refractivity contribution in [1.29, 1.82) is 0 Å². The fourth-order valence-corrected chi connectivity index (χ4v) is 1.96. The summed E-state index contributed by atoms with van der Waals surface area (Å²) in [4.78, 5) is 0. The number of hydrogen-bond acceptors (Lipinski definition) is 4. The molecule has 0 amide bonds. The van der Waals surface area contributed by atoms with Gasteiger partial charge in [-0.2, -0.15) is 0 Å². The van der Waals surface area contributed by atoms with E-state index in [-0.39, 0.29) is 6.79 Å². The van der Waals surface area contributed by atoms with E-state index >= 15 is 0 Å². The third-order valence-electron chi connectivity index (χ3n) is 3.09. The number of anilines is 1. The molecule has 0 atom stereocenters. The molecule has 0 unspecified atom stereocenters. The first-order chi connectivity index (χ1) is 10.3. The molecule has 4 heteroatoms. The van der Waals surface area contributed by atoms with Gasteiger partial charge in [0.05, 0.1) is 13.2 Å². The van der Waals surface area contributed by atoms with Crippen molar-refractivity contribution in [2.45, 2.75) is 13.0 Å². The summed E-state index contributed by atoms with van der Waals surface area (Å²) >= 11 is 0. The summed E-state index contributed by atoms with van der Waals surface area (Å²) in [5, 5.41) is 0. The Balaban J connectivity index is 1.78. The van der Waals surface area contributed by atoms with Crippen molar-refractivity contribution in [3.8, 4) is 5.75 Å². The molecule has 2 aromatic carbocycles. The van der Waals surface area contributed by atoms with Crippen molar-refractivity contribution in [2.75, 3.05) is 26.2 Å². The molecule has 0 aliphatic heterocycles. The number of methoxy groups -OCH3 is 1. The fraction of sp³-hybridized carbons (Fsp3) is 0.294. The zero-order chi connectivity index (χ0) is 14.9. The summed E-state index contributed by atoms with van der Waals surface area (Å²) in [5.74, 6) is 0.711. The molecule has 21 heavy (non-hydrogen) atoms. The molecule has 0 saturated carbocycles. The van der Waals surface area contributed by atoms with E-state index in [0.717, 1.165) is 12.0 Å². The topological polar surface area (TPSA) is 53.7 Å². The lowest BCUT2D eigenvalue weighted by molar-refractivity contribution is 0.0511. The van der Waals surface area contributed by atoms with Gasteiger partial charge >= 0.3 is 0 Å². The largest absolute Gasteiger partial charge is 0.467 e. The summed E-state index contributed by atoms with van der Waals surface area (Å²) < 4.78 is 15.9. The number of benzene rings is 2. The molecule has 2 rings (SSSR count). The van der Waals surface area contributed by atoms with Crippen LogP contribution in [0.2, 0.25) is 0 Å². The summed E-state index contributed by atoms with van der Waals surface area (Å²) in [6.07, 6.45) is 0.781. The van der Waals surface area contributed by atoms with Crippen molar-refractivity contribution >= 4 is 5.69 Å². The van der Waals surface area contributed by atoms with Gasteiger partial charge in [0, 0.05) is 18.9 Å². The van der Waals surface area contributed by atoms with Crippen molar-refractivity contribution in [1.82, 2.24) is 0 Å². The lowest BCUT2D eigenvalue weighted by atomic mass is 10.1. The van der Waals surface area contributed by atoms with Crippen LogP contribution in [0, 0.1) is 0 Å². The van der Waals surface area contributed by atoms with E-state index in [9.17, 15) is 0 Å². The van der Waals surface area contributed by atoms with Gasteiger partial charge in [0.2, 0.25) is 0 Å². The van der Waals surface area contributed by atoms with Crippen LogP contribution in [0.5, 0.6) is 5.75 Å². The van der Waals surface area contributed by atoms with Gasteiger partial charge < -0.3 is 19.9 Å². The zero-order valence-electron chi connectivity index (χ0n) is 12.2. The molecule has 4 nitrogen and oxygen atoms in total. The molecular formula is C17H21NO3. The Morgan fingerprint density at radius 3 is 2.57 bits per heavy atom. The fourth-order valence-electron chi connectivity index (χ4n) is 1.96. The highest BCUT2D eigenvalue weighted by molar-refractivity contribution is 5.51. The molecule has 0 aromatic heterocycles. The predicted octanol–water partition coefficient (Wildman–Crippen LogP) is 3.01. The Labute approximate surface area is 125 Å². The quantitative estimate of drug-likeness (QED) is 0.460. The second-order valence-corrected chi connectivity index (χ2v) is 4.70. The molecule has 2 aromatic rings. The van der Waals surface area contributed by atoms with Crippen LogP contribution in [0.25, 0.3) is 0 Å². The first-order valence-corrected chi connectivity index (χ1v) is 6.91. The van der Waals surface area contributed by atoms with Crippen LogP contribution in [0.3, 0.4) is 0 Å². The van der Waals surface area contributed by atoms with Crippen molar-refractivity contribution in [2.24, 2.45) is 0 Å². The van der Waals surface area contributed by atoms with Crippen molar-refractivity contribution in [3.05, 3.63) is 59.7 Å². The molecule has 0 aliphatic rings. The Kier molecular flexibility index (Phi) is 6.06. The average molecular weight is 287 g/mol.